The van der Waals surface area contributed by atoms with Gasteiger partial charge in [0, 0.05) is 12.5 Å². The Bertz CT molecular complexity index is 361. The summed E-state index contributed by atoms with van der Waals surface area (Å²) in [5.41, 5.74) is 0. The van der Waals surface area contributed by atoms with Crippen molar-refractivity contribution in [1.82, 2.24) is 5.32 Å². The predicted molar refractivity (Wildman–Crippen MR) is 73.8 cm³/mol. The first-order chi connectivity index (χ1) is 9.69. The molecule has 0 radical (unpaired) electrons. The van der Waals surface area contributed by atoms with Gasteiger partial charge in [-0.05, 0) is 25.2 Å². The van der Waals surface area contributed by atoms with Gasteiger partial charge in [0.1, 0.15) is 12.6 Å². The Morgan fingerprint density at radius 1 is 1.50 bits per heavy atom. The summed E-state index contributed by atoms with van der Waals surface area (Å²) in [4.78, 5) is 11.9. The SMILES string of the molecule is C[C@@H]1CCC[C@H](OCC(=O)N[C@@H](C#N)[C@@H]2CCOC2)C1. The molecule has 0 aromatic heterocycles. The molecule has 0 unspecified atom stereocenters. The summed E-state index contributed by atoms with van der Waals surface area (Å²) in [7, 11) is 0. The first-order valence-corrected chi connectivity index (χ1v) is 7.57. The van der Waals surface area contributed by atoms with Crippen LogP contribution in [0.2, 0.25) is 0 Å². The lowest BCUT2D eigenvalue weighted by atomic mass is 9.89. The number of carbonyl (C=O) groups is 1. The Morgan fingerprint density at radius 2 is 2.35 bits per heavy atom. The number of hydrogen-bond donors (Lipinski definition) is 1. The zero-order chi connectivity index (χ0) is 14.4. The molecule has 2 aliphatic rings. The Kier molecular flexibility index (Phi) is 5.81. The Morgan fingerprint density at radius 3 is 3.00 bits per heavy atom. The highest BCUT2D eigenvalue weighted by Crippen LogP contribution is 2.25. The first kappa shape index (κ1) is 15.3. The first-order valence-electron chi connectivity index (χ1n) is 7.57. The second-order valence-corrected chi connectivity index (χ2v) is 6.00. The second-order valence-electron chi connectivity index (χ2n) is 6.00. The maximum atomic E-state index is 11.9. The van der Waals surface area contributed by atoms with Crippen LogP contribution in [-0.4, -0.2) is 37.9 Å². The number of amides is 1. The van der Waals surface area contributed by atoms with Crippen LogP contribution in [-0.2, 0) is 14.3 Å². The van der Waals surface area contributed by atoms with Gasteiger partial charge >= 0.3 is 0 Å². The minimum atomic E-state index is -0.459. The molecule has 1 saturated carbocycles. The summed E-state index contributed by atoms with van der Waals surface area (Å²) in [6.07, 6.45) is 5.53. The van der Waals surface area contributed by atoms with E-state index in [1.165, 1.54) is 12.8 Å². The van der Waals surface area contributed by atoms with E-state index in [-0.39, 0.29) is 24.5 Å². The minimum Gasteiger partial charge on any atom is -0.381 e. The molecule has 0 aromatic rings. The molecule has 5 nitrogen and oxygen atoms in total. The van der Waals surface area contributed by atoms with Crippen LogP contribution in [0.15, 0.2) is 0 Å². The van der Waals surface area contributed by atoms with Crippen LogP contribution in [0, 0.1) is 23.2 Å². The second kappa shape index (κ2) is 7.61. The lowest BCUT2D eigenvalue weighted by molar-refractivity contribution is -0.129. The van der Waals surface area contributed by atoms with Gasteiger partial charge in [0.05, 0.1) is 18.8 Å². The summed E-state index contributed by atoms with van der Waals surface area (Å²) >= 11 is 0. The topological polar surface area (TPSA) is 71.3 Å². The standard InChI is InChI=1S/C15H24N2O3/c1-11-3-2-4-13(7-11)20-10-15(18)17-14(8-16)12-5-6-19-9-12/h11-14H,2-7,9-10H2,1H3,(H,17,18)/t11-,12-,13+,14+/m1/s1. The summed E-state index contributed by atoms with van der Waals surface area (Å²) in [5, 5.41) is 11.9. The van der Waals surface area contributed by atoms with Crippen molar-refractivity contribution < 1.29 is 14.3 Å². The van der Waals surface area contributed by atoms with Crippen molar-refractivity contribution in [2.24, 2.45) is 11.8 Å². The molecule has 112 valence electrons. The average Bonchev–Trinajstić information content (AvgIpc) is 2.96. The fourth-order valence-electron chi connectivity index (χ4n) is 3.01. The van der Waals surface area contributed by atoms with Crippen LogP contribution in [0.25, 0.3) is 0 Å². The highest BCUT2D eigenvalue weighted by Gasteiger charge is 2.27. The van der Waals surface area contributed by atoms with E-state index in [2.05, 4.69) is 18.3 Å². The van der Waals surface area contributed by atoms with E-state index in [0.29, 0.717) is 19.1 Å². The van der Waals surface area contributed by atoms with E-state index < -0.39 is 6.04 Å². The van der Waals surface area contributed by atoms with Crippen molar-refractivity contribution in [1.29, 1.82) is 5.26 Å². The average molecular weight is 280 g/mol. The van der Waals surface area contributed by atoms with Gasteiger partial charge in [0.25, 0.3) is 0 Å². The largest absolute Gasteiger partial charge is 0.381 e. The van der Waals surface area contributed by atoms with Crippen molar-refractivity contribution in [2.45, 2.75) is 51.2 Å². The Hall–Kier alpha value is -1.12. The molecule has 1 heterocycles. The molecule has 2 fully saturated rings. The molecule has 4 atom stereocenters. The van der Waals surface area contributed by atoms with Crippen molar-refractivity contribution >= 4 is 5.91 Å². The van der Waals surface area contributed by atoms with Crippen LogP contribution in [0.3, 0.4) is 0 Å². The third kappa shape index (κ3) is 4.46. The quantitative estimate of drug-likeness (QED) is 0.831. The van der Waals surface area contributed by atoms with Crippen LogP contribution in [0.1, 0.15) is 39.0 Å². The summed E-state index contributed by atoms with van der Waals surface area (Å²) in [6, 6.07) is 1.69. The van der Waals surface area contributed by atoms with Crippen LogP contribution >= 0.6 is 0 Å². The number of nitriles is 1. The zero-order valence-corrected chi connectivity index (χ0v) is 12.1. The smallest absolute Gasteiger partial charge is 0.247 e. The molecule has 0 aromatic carbocycles. The van der Waals surface area contributed by atoms with Gasteiger partial charge in [0.15, 0.2) is 0 Å². The van der Waals surface area contributed by atoms with E-state index in [4.69, 9.17) is 14.7 Å². The zero-order valence-electron chi connectivity index (χ0n) is 12.1. The molecule has 20 heavy (non-hydrogen) atoms. The molecular formula is C15H24N2O3. The molecule has 2 rings (SSSR count). The number of hydrogen-bond acceptors (Lipinski definition) is 4. The van der Waals surface area contributed by atoms with Crippen LogP contribution in [0.5, 0.6) is 0 Å². The highest BCUT2D eigenvalue weighted by atomic mass is 16.5. The molecule has 0 bridgehead atoms. The van der Waals surface area contributed by atoms with Gasteiger partial charge in [-0.3, -0.25) is 4.79 Å². The molecule has 5 heteroatoms. The van der Waals surface area contributed by atoms with E-state index in [9.17, 15) is 4.79 Å². The van der Waals surface area contributed by atoms with Gasteiger partial charge in [-0.25, -0.2) is 0 Å². The minimum absolute atomic E-state index is 0.0587. The van der Waals surface area contributed by atoms with Crippen molar-refractivity contribution in [3.63, 3.8) is 0 Å². The molecule has 1 saturated heterocycles. The summed E-state index contributed by atoms with van der Waals surface area (Å²) < 4.78 is 10.9. The molecule has 0 spiro atoms. The molecule has 1 aliphatic carbocycles. The van der Waals surface area contributed by atoms with Gasteiger partial charge in [-0.15, -0.1) is 0 Å². The number of nitrogens with one attached hydrogen (secondary N) is 1. The third-order valence-corrected chi connectivity index (χ3v) is 4.23. The number of ether oxygens (including phenoxy) is 2. The summed E-state index contributed by atoms with van der Waals surface area (Å²) in [5.74, 6) is 0.597. The van der Waals surface area contributed by atoms with Crippen molar-refractivity contribution in [3.8, 4) is 6.07 Å². The molecule has 1 amide bonds. The molecule has 1 N–H and O–H groups in total. The Labute approximate surface area is 120 Å². The predicted octanol–water partition coefficient (Wildman–Crippen LogP) is 1.63. The van der Waals surface area contributed by atoms with Crippen molar-refractivity contribution in [3.05, 3.63) is 0 Å². The fraction of sp³-hybridized carbons (Fsp3) is 0.867. The summed E-state index contributed by atoms with van der Waals surface area (Å²) in [6.45, 7) is 3.51. The van der Waals surface area contributed by atoms with Gasteiger partial charge in [0.2, 0.25) is 5.91 Å². The highest BCUT2D eigenvalue weighted by molar-refractivity contribution is 5.77. The van der Waals surface area contributed by atoms with E-state index >= 15 is 0 Å². The van der Waals surface area contributed by atoms with Gasteiger partial charge in [-0.2, -0.15) is 5.26 Å². The molecule has 1 aliphatic heterocycles. The maximum absolute atomic E-state index is 11.9. The third-order valence-electron chi connectivity index (χ3n) is 4.23. The lowest BCUT2D eigenvalue weighted by Gasteiger charge is -2.26. The number of carbonyl (C=O) groups excluding carboxylic acids is 1. The fourth-order valence-corrected chi connectivity index (χ4v) is 3.01. The van der Waals surface area contributed by atoms with E-state index in [0.717, 1.165) is 19.3 Å². The number of rotatable bonds is 5. The van der Waals surface area contributed by atoms with Gasteiger partial charge < -0.3 is 14.8 Å². The van der Waals surface area contributed by atoms with E-state index in [1.807, 2.05) is 0 Å². The van der Waals surface area contributed by atoms with Crippen molar-refractivity contribution in [2.75, 3.05) is 19.8 Å². The number of nitrogens with zero attached hydrogens (tertiary/aromatic N) is 1. The maximum Gasteiger partial charge on any atom is 0.247 e. The Balaban J connectivity index is 1.70. The normalized spacial score (nSPS) is 31.5. The molecular weight excluding hydrogens is 256 g/mol. The lowest BCUT2D eigenvalue weighted by Crippen LogP contribution is -2.42. The monoisotopic (exact) mass is 280 g/mol. The van der Waals surface area contributed by atoms with Gasteiger partial charge in [-0.1, -0.05) is 19.8 Å². The van der Waals surface area contributed by atoms with Crippen LogP contribution in [0.4, 0.5) is 0 Å². The van der Waals surface area contributed by atoms with Crippen LogP contribution < -0.4 is 5.32 Å². The van der Waals surface area contributed by atoms with E-state index in [1.54, 1.807) is 0 Å².